The number of carbonyl (C=O) groups is 1. The lowest BCUT2D eigenvalue weighted by Gasteiger charge is -2.46. The maximum absolute atomic E-state index is 13.2. The van der Waals surface area contributed by atoms with E-state index in [9.17, 15) is 4.79 Å². The largest absolute Gasteiger partial charge is 0.375 e. The van der Waals surface area contributed by atoms with Crippen molar-refractivity contribution >= 4 is 5.78 Å². The molecule has 0 bridgehead atoms. The molecule has 0 amide bonds. The number of carbonyl (C=O) groups excluding carboxylic acids is 1. The van der Waals surface area contributed by atoms with Crippen molar-refractivity contribution in [1.29, 1.82) is 0 Å². The molecule has 0 saturated carbocycles. The van der Waals surface area contributed by atoms with Crippen LogP contribution in [0.2, 0.25) is 0 Å². The third kappa shape index (κ3) is 7.20. The Kier molecular flexibility index (Phi) is 10.7. The van der Waals surface area contributed by atoms with Crippen LogP contribution in [0.4, 0.5) is 0 Å². The molecule has 0 unspecified atom stereocenters. The van der Waals surface area contributed by atoms with Crippen molar-refractivity contribution in [3.05, 3.63) is 71.8 Å². The number of Topliss-reactive ketones (excluding diaryl/α,β-unsaturated/α-hetero) is 1. The van der Waals surface area contributed by atoms with Crippen LogP contribution in [0.3, 0.4) is 0 Å². The van der Waals surface area contributed by atoms with E-state index in [0.717, 1.165) is 17.5 Å². The predicted molar refractivity (Wildman–Crippen MR) is 130 cm³/mol. The average Bonchev–Trinajstić information content (AvgIpc) is 2.85. The fourth-order valence-corrected chi connectivity index (χ4v) is 4.33. The van der Waals surface area contributed by atoms with E-state index in [1.54, 1.807) is 0 Å². The summed E-state index contributed by atoms with van der Waals surface area (Å²) in [4.78, 5) is 13.2. The molecule has 0 aromatic heterocycles. The number of hydrogen-bond donors (Lipinski definition) is 0. The summed E-state index contributed by atoms with van der Waals surface area (Å²) in [5.74, 6) is -1.41. The van der Waals surface area contributed by atoms with E-state index >= 15 is 0 Å². The molecule has 6 heteroatoms. The van der Waals surface area contributed by atoms with Crippen LogP contribution in [0.1, 0.15) is 51.2 Å². The van der Waals surface area contributed by atoms with Crippen LogP contribution in [-0.2, 0) is 41.7 Å². The summed E-state index contributed by atoms with van der Waals surface area (Å²) in [5.41, 5.74) is 2.13. The predicted octanol–water partition coefficient (Wildman–Crippen LogP) is 5.08. The first-order valence-electron chi connectivity index (χ1n) is 12.4. The standard InChI is InChI=1S/C28H38O6/c1-4-13-26(29)28(33-6-3)18-24(31-5-2)27(32-20-23-16-11-8-12-17-23)25(34-28)21-30-19-22-14-9-7-10-15-22/h7-12,14-17,24-25,27H,4-6,13,18-21H2,1-3H3/t24-,25-,27+,28+/m1/s1. The molecule has 0 aliphatic carbocycles. The Bertz CT molecular complexity index is 842. The molecule has 0 spiro atoms. The Labute approximate surface area is 203 Å². The quantitative estimate of drug-likeness (QED) is 0.383. The molecule has 2 aromatic carbocycles. The second kappa shape index (κ2) is 13.7. The van der Waals surface area contributed by atoms with Crippen molar-refractivity contribution in [3.8, 4) is 0 Å². The van der Waals surface area contributed by atoms with Crippen LogP contribution in [0.5, 0.6) is 0 Å². The molecule has 2 aromatic rings. The molecular formula is C28H38O6. The van der Waals surface area contributed by atoms with Crippen molar-refractivity contribution in [2.75, 3.05) is 19.8 Å². The highest BCUT2D eigenvalue weighted by Crippen LogP contribution is 2.36. The molecule has 4 atom stereocenters. The molecule has 0 N–H and O–H groups in total. The van der Waals surface area contributed by atoms with Gasteiger partial charge >= 0.3 is 0 Å². The highest BCUT2D eigenvalue weighted by Gasteiger charge is 2.53. The Balaban J connectivity index is 1.82. The number of ether oxygens (including phenoxy) is 5. The van der Waals surface area contributed by atoms with Gasteiger partial charge in [-0.1, -0.05) is 67.6 Å². The van der Waals surface area contributed by atoms with Crippen molar-refractivity contribution in [2.45, 2.75) is 77.3 Å². The minimum Gasteiger partial charge on any atom is -0.375 e. The van der Waals surface area contributed by atoms with E-state index < -0.39 is 18.0 Å². The van der Waals surface area contributed by atoms with Gasteiger partial charge in [0.1, 0.15) is 12.2 Å². The van der Waals surface area contributed by atoms with E-state index in [-0.39, 0.29) is 18.5 Å². The summed E-state index contributed by atoms with van der Waals surface area (Å²) < 4.78 is 31.0. The van der Waals surface area contributed by atoms with Crippen LogP contribution in [-0.4, -0.2) is 49.7 Å². The lowest BCUT2D eigenvalue weighted by molar-refractivity contribution is -0.317. The van der Waals surface area contributed by atoms with Gasteiger partial charge in [0.2, 0.25) is 5.79 Å². The maximum Gasteiger partial charge on any atom is 0.231 e. The van der Waals surface area contributed by atoms with Crippen LogP contribution < -0.4 is 0 Å². The molecule has 34 heavy (non-hydrogen) atoms. The third-order valence-corrected chi connectivity index (χ3v) is 5.88. The molecule has 6 nitrogen and oxygen atoms in total. The second-order valence-electron chi connectivity index (χ2n) is 8.48. The zero-order valence-corrected chi connectivity index (χ0v) is 20.6. The number of benzene rings is 2. The van der Waals surface area contributed by atoms with Crippen LogP contribution in [0.25, 0.3) is 0 Å². The highest BCUT2D eigenvalue weighted by atomic mass is 16.7. The van der Waals surface area contributed by atoms with Crippen LogP contribution >= 0.6 is 0 Å². The molecule has 0 radical (unpaired) electrons. The molecule has 1 fully saturated rings. The van der Waals surface area contributed by atoms with E-state index in [2.05, 4.69) is 0 Å². The van der Waals surface area contributed by atoms with Gasteiger partial charge < -0.3 is 23.7 Å². The van der Waals surface area contributed by atoms with E-state index in [1.807, 2.05) is 81.4 Å². The normalized spacial score (nSPS) is 24.7. The molecule has 1 aliphatic rings. The first kappa shape index (κ1) is 26.5. The highest BCUT2D eigenvalue weighted by molar-refractivity contribution is 5.86. The van der Waals surface area contributed by atoms with Crippen molar-refractivity contribution < 1.29 is 28.5 Å². The van der Waals surface area contributed by atoms with Gasteiger partial charge in [-0.05, 0) is 31.4 Å². The summed E-state index contributed by atoms with van der Waals surface area (Å²) in [6.07, 6.45) is 0.109. The molecule has 186 valence electrons. The van der Waals surface area contributed by atoms with E-state index in [1.165, 1.54) is 0 Å². The number of hydrogen-bond acceptors (Lipinski definition) is 6. The van der Waals surface area contributed by atoms with Crippen molar-refractivity contribution in [1.82, 2.24) is 0 Å². The minimum absolute atomic E-state index is 0.0591. The molecule has 1 aliphatic heterocycles. The smallest absolute Gasteiger partial charge is 0.231 e. The van der Waals surface area contributed by atoms with Crippen molar-refractivity contribution in [3.63, 3.8) is 0 Å². The van der Waals surface area contributed by atoms with Gasteiger partial charge in [-0.15, -0.1) is 0 Å². The summed E-state index contributed by atoms with van der Waals surface area (Å²) in [5, 5.41) is 0. The van der Waals surface area contributed by atoms with E-state index in [4.69, 9.17) is 23.7 Å². The zero-order chi connectivity index (χ0) is 24.2. The average molecular weight is 471 g/mol. The van der Waals surface area contributed by atoms with Gasteiger partial charge in [-0.3, -0.25) is 4.79 Å². The van der Waals surface area contributed by atoms with Gasteiger partial charge in [0, 0.05) is 26.1 Å². The topological polar surface area (TPSA) is 63.2 Å². The lowest BCUT2D eigenvalue weighted by Crippen LogP contribution is -2.61. The fraction of sp³-hybridized carbons (Fsp3) is 0.536. The van der Waals surface area contributed by atoms with Crippen LogP contribution in [0.15, 0.2) is 60.7 Å². The Morgan fingerprint density at radius 1 is 0.912 bits per heavy atom. The maximum atomic E-state index is 13.2. The van der Waals surface area contributed by atoms with Gasteiger partial charge in [-0.25, -0.2) is 0 Å². The minimum atomic E-state index is -1.35. The Hall–Kier alpha value is -2.09. The van der Waals surface area contributed by atoms with Crippen LogP contribution in [0, 0.1) is 0 Å². The van der Waals surface area contributed by atoms with Gasteiger partial charge in [0.25, 0.3) is 0 Å². The third-order valence-electron chi connectivity index (χ3n) is 5.88. The summed E-state index contributed by atoms with van der Waals surface area (Å²) in [6.45, 7) is 7.77. The first-order chi connectivity index (χ1) is 16.6. The van der Waals surface area contributed by atoms with Crippen molar-refractivity contribution in [2.24, 2.45) is 0 Å². The van der Waals surface area contributed by atoms with Gasteiger partial charge in [-0.2, -0.15) is 0 Å². The Morgan fingerprint density at radius 3 is 2.15 bits per heavy atom. The van der Waals surface area contributed by atoms with Gasteiger partial charge in [0.05, 0.1) is 25.9 Å². The monoisotopic (exact) mass is 470 g/mol. The molecule has 1 saturated heterocycles. The lowest BCUT2D eigenvalue weighted by atomic mass is 9.91. The summed E-state index contributed by atoms with van der Waals surface area (Å²) in [7, 11) is 0. The SMILES string of the molecule is CCCC(=O)[C@]1(OCC)C[C@@H](OCC)[C@H](OCc2ccccc2)[C@@H](COCc2ccccc2)O1. The fourth-order valence-electron chi connectivity index (χ4n) is 4.33. The molecule has 1 heterocycles. The molecular weight excluding hydrogens is 432 g/mol. The zero-order valence-electron chi connectivity index (χ0n) is 20.6. The number of ketones is 1. The molecule has 3 rings (SSSR count). The summed E-state index contributed by atoms with van der Waals surface area (Å²) in [6, 6.07) is 20.0. The number of rotatable bonds is 14. The van der Waals surface area contributed by atoms with E-state index in [0.29, 0.717) is 39.3 Å². The summed E-state index contributed by atoms with van der Waals surface area (Å²) >= 11 is 0. The first-order valence-corrected chi connectivity index (χ1v) is 12.4. The Morgan fingerprint density at radius 2 is 1.56 bits per heavy atom. The second-order valence-corrected chi connectivity index (χ2v) is 8.48. The van der Waals surface area contributed by atoms with Gasteiger partial charge in [0.15, 0.2) is 5.78 Å².